The lowest BCUT2D eigenvalue weighted by atomic mass is 10.1. The van der Waals surface area contributed by atoms with Crippen LogP contribution in [-0.2, 0) is 4.79 Å². The summed E-state index contributed by atoms with van der Waals surface area (Å²) in [6, 6.07) is 2.78. The van der Waals surface area contributed by atoms with E-state index in [1.165, 1.54) is 24.1 Å². The number of hydrogen-bond donors (Lipinski definition) is 1. The Bertz CT molecular complexity index is 568. The Morgan fingerprint density at radius 1 is 1.33 bits per heavy atom. The predicted molar refractivity (Wildman–Crippen MR) is 78.3 cm³/mol. The van der Waals surface area contributed by atoms with E-state index in [1.54, 1.807) is 11.8 Å². The molecule has 1 aromatic carbocycles. The lowest BCUT2D eigenvalue weighted by Crippen LogP contribution is -2.40. The number of hydrogen-bond acceptors (Lipinski definition) is 3. The van der Waals surface area contributed by atoms with Gasteiger partial charge in [-0.3, -0.25) is 9.59 Å². The lowest BCUT2D eigenvalue weighted by Gasteiger charge is -2.22. The smallest absolute Gasteiger partial charge is 0.257 e. The van der Waals surface area contributed by atoms with Crippen molar-refractivity contribution in [3.8, 4) is 0 Å². The molecule has 2 N–H and O–H groups in total. The van der Waals surface area contributed by atoms with Gasteiger partial charge in [0, 0.05) is 25.8 Å². The van der Waals surface area contributed by atoms with Gasteiger partial charge in [0.2, 0.25) is 5.91 Å². The van der Waals surface area contributed by atoms with Crippen molar-refractivity contribution in [1.29, 1.82) is 0 Å². The van der Waals surface area contributed by atoms with Gasteiger partial charge in [-0.2, -0.15) is 0 Å². The molecular formula is C15H20FN3O2. The van der Waals surface area contributed by atoms with Gasteiger partial charge in [0.1, 0.15) is 5.82 Å². The Balaban J connectivity index is 2.10. The molecule has 0 radical (unpaired) electrons. The molecule has 0 unspecified atom stereocenters. The maximum atomic E-state index is 14.0. The second kappa shape index (κ2) is 6.11. The molecule has 5 nitrogen and oxygen atoms in total. The molecule has 1 saturated heterocycles. The monoisotopic (exact) mass is 293 g/mol. The first kappa shape index (κ1) is 15.3. The number of likely N-dealkylation sites (tertiary alicyclic amines) is 1. The van der Waals surface area contributed by atoms with Crippen LogP contribution in [-0.4, -0.2) is 48.3 Å². The van der Waals surface area contributed by atoms with Crippen molar-refractivity contribution >= 4 is 17.5 Å². The molecule has 114 valence electrons. The lowest BCUT2D eigenvalue weighted by molar-refractivity contribution is -0.130. The van der Waals surface area contributed by atoms with Crippen LogP contribution in [0.4, 0.5) is 10.1 Å². The standard InChI is InChI=1S/C15H20FN3O2/c1-10-7-11(17)8-12(14(10)16)15(21)18(2)9-13(20)19-5-3-4-6-19/h7-8H,3-6,9,17H2,1-2H3. The third kappa shape index (κ3) is 3.32. The Hall–Kier alpha value is -2.11. The number of benzene rings is 1. The number of amides is 2. The third-order valence-corrected chi connectivity index (χ3v) is 3.69. The van der Waals surface area contributed by atoms with Crippen LogP contribution >= 0.6 is 0 Å². The summed E-state index contributed by atoms with van der Waals surface area (Å²) in [4.78, 5) is 27.3. The van der Waals surface area contributed by atoms with E-state index in [-0.39, 0.29) is 18.0 Å². The zero-order chi connectivity index (χ0) is 15.6. The normalized spacial score (nSPS) is 14.3. The Morgan fingerprint density at radius 3 is 2.57 bits per heavy atom. The molecule has 0 bridgehead atoms. The number of anilines is 1. The van der Waals surface area contributed by atoms with Gasteiger partial charge >= 0.3 is 0 Å². The number of rotatable bonds is 3. The fourth-order valence-electron chi connectivity index (χ4n) is 2.50. The van der Waals surface area contributed by atoms with E-state index in [1.807, 2.05) is 0 Å². The minimum atomic E-state index is -0.588. The van der Waals surface area contributed by atoms with E-state index in [2.05, 4.69) is 0 Å². The number of carbonyl (C=O) groups excluding carboxylic acids is 2. The molecule has 1 aliphatic heterocycles. The fourth-order valence-corrected chi connectivity index (χ4v) is 2.50. The average molecular weight is 293 g/mol. The Morgan fingerprint density at radius 2 is 1.95 bits per heavy atom. The van der Waals surface area contributed by atoms with Gasteiger partial charge in [-0.1, -0.05) is 0 Å². The summed E-state index contributed by atoms with van der Waals surface area (Å²) in [5.41, 5.74) is 6.21. The second-order valence-electron chi connectivity index (χ2n) is 5.45. The first-order chi connectivity index (χ1) is 9.90. The van der Waals surface area contributed by atoms with Crippen LogP contribution in [0.15, 0.2) is 12.1 Å². The Kier molecular flexibility index (Phi) is 4.45. The number of nitrogens with zero attached hydrogens (tertiary/aromatic N) is 2. The highest BCUT2D eigenvalue weighted by atomic mass is 19.1. The highest BCUT2D eigenvalue weighted by Gasteiger charge is 2.23. The molecule has 0 atom stereocenters. The van der Waals surface area contributed by atoms with Gasteiger partial charge in [-0.05, 0) is 37.5 Å². The van der Waals surface area contributed by atoms with Crippen molar-refractivity contribution in [2.24, 2.45) is 0 Å². The van der Waals surface area contributed by atoms with Crippen molar-refractivity contribution in [2.45, 2.75) is 19.8 Å². The van der Waals surface area contributed by atoms with Crippen molar-refractivity contribution in [2.75, 3.05) is 32.4 Å². The van der Waals surface area contributed by atoms with Crippen molar-refractivity contribution in [1.82, 2.24) is 9.80 Å². The van der Waals surface area contributed by atoms with Crippen LogP contribution in [0.1, 0.15) is 28.8 Å². The summed E-state index contributed by atoms with van der Waals surface area (Å²) in [6.45, 7) is 2.96. The van der Waals surface area contributed by atoms with E-state index in [0.29, 0.717) is 11.3 Å². The molecule has 1 heterocycles. The second-order valence-corrected chi connectivity index (χ2v) is 5.45. The van der Waals surface area contributed by atoms with Crippen LogP contribution < -0.4 is 5.73 Å². The van der Waals surface area contributed by atoms with Crippen LogP contribution in [0.3, 0.4) is 0 Å². The molecule has 2 rings (SSSR count). The molecule has 6 heteroatoms. The fraction of sp³-hybridized carbons (Fsp3) is 0.467. The maximum absolute atomic E-state index is 14.0. The Labute approximate surface area is 123 Å². The van der Waals surface area contributed by atoms with Crippen LogP contribution in [0, 0.1) is 12.7 Å². The van der Waals surface area contributed by atoms with Gasteiger partial charge in [-0.15, -0.1) is 0 Å². The molecule has 1 aromatic rings. The van der Waals surface area contributed by atoms with E-state index in [4.69, 9.17) is 5.73 Å². The van der Waals surface area contributed by atoms with E-state index >= 15 is 0 Å². The molecule has 0 aromatic heterocycles. The average Bonchev–Trinajstić information content (AvgIpc) is 2.96. The summed E-state index contributed by atoms with van der Waals surface area (Å²) in [5, 5.41) is 0. The first-order valence-corrected chi connectivity index (χ1v) is 6.99. The van der Waals surface area contributed by atoms with Crippen molar-refractivity contribution < 1.29 is 14.0 Å². The summed E-state index contributed by atoms with van der Waals surface area (Å²) in [7, 11) is 1.49. The number of halogens is 1. The topological polar surface area (TPSA) is 66.6 Å². The number of nitrogen functional groups attached to an aromatic ring is 1. The van der Waals surface area contributed by atoms with Gasteiger partial charge < -0.3 is 15.5 Å². The largest absolute Gasteiger partial charge is 0.399 e. The van der Waals surface area contributed by atoms with Gasteiger partial charge in [0.15, 0.2) is 0 Å². The van der Waals surface area contributed by atoms with Crippen molar-refractivity contribution in [3.05, 3.63) is 29.1 Å². The predicted octanol–water partition coefficient (Wildman–Crippen LogP) is 1.41. The number of aryl methyl sites for hydroxylation is 1. The van der Waals surface area contributed by atoms with Gasteiger partial charge in [0.05, 0.1) is 12.1 Å². The van der Waals surface area contributed by atoms with E-state index in [0.717, 1.165) is 25.9 Å². The quantitative estimate of drug-likeness (QED) is 0.857. The zero-order valence-electron chi connectivity index (χ0n) is 12.4. The molecule has 0 aliphatic carbocycles. The third-order valence-electron chi connectivity index (χ3n) is 3.69. The molecule has 21 heavy (non-hydrogen) atoms. The molecule has 1 fully saturated rings. The van der Waals surface area contributed by atoms with E-state index in [9.17, 15) is 14.0 Å². The summed E-state index contributed by atoms with van der Waals surface area (Å²) in [5.74, 6) is -1.23. The molecular weight excluding hydrogens is 273 g/mol. The zero-order valence-corrected chi connectivity index (χ0v) is 12.4. The summed E-state index contributed by atoms with van der Waals surface area (Å²) < 4.78 is 14.0. The van der Waals surface area contributed by atoms with Crippen LogP contribution in [0.2, 0.25) is 0 Å². The van der Waals surface area contributed by atoms with Crippen LogP contribution in [0.5, 0.6) is 0 Å². The molecule has 0 spiro atoms. The highest BCUT2D eigenvalue weighted by Crippen LogP contribution is 2.18. The number of nitrogens with two attached hydrogens (primary N) is 1. The highest BCUT2D eigenvalue weighted by molar-refractivity contribution is 5.97. The number of carbonyl (C=O) groups is 2. The molecule has 2 amide bonds. The maximum Gasteiger partial charge on any atom is 0.257 e. The molecule has 1 aliphatic rings. The summed E-state index contributed by atoms with van der Waals surface area (Å²) in [6.07, 6.45) is 1.99. The van der Waals surface area contributed by atoms with Gasteiger partial charge in [0.25, 0.3) is 5.91 Å². The van der Waals surface area contributed by atoms with Gasteiger partial charge in [-0.25, -0.2) is 4.39 Å². The van der Waals surface area contributed by atoms with E-state index < -0.39 is 11.7 Å². The number of likely N-dealkylation sites (N-methyl/N-ethyl adjacent to an activating group) is 1. The SMILES string of the molecule is Cc1cc(N)cc(C(=O)N(C)CC(=O)N2CCCC2)c1F. The van der Waals surface area contributed by atoms with Crippen LogP contribution in [0.25, 0.3) is 0 Å². The minimum Gasteiger partial charge on any atom is -0.399 e. The summed E-state index contributed by atoms with van der Waals surface area (Å²) >= 11 is 0. The molecule has 0 saturated carbocycles. The minimum absolute atomic E-state index is 0.0495. The van der Waals surface area contributed by atoms with Crippen molar-refractivity contribution in [3.63, 3.8) is 0 Å². The first-order valence-electron chi connectivity index (χ1n) is 6.99.